The van der Waals surface area contributed by atoms with E-state index in [0.717, 1.165) is 36.6 Å². The zero-order valence-electron chi connectivity index (χ0n) is 9.88. The fourth-order valence-corrected chi connectivity index (χ4v) is 2.61. The monoisotopic (exact) mass is 263 g/mol. The summed E-state index contributed by atoms with van der Waals surface area (Å²) in [6.45, 7) is 1.06. The van der Waals surface area contributed by atoms with Crippen LogP contribution in [0.15, 0.2) is 24.3 Å². The van der Waals surface area contributed by atoms with Crippen molar-refractivity contribution in [3.05, 3.63) is 35.1 Å². The lowest BCUT2D eigenvalue weighted by atomic mass is 9.99. The largest absolute Gasteiger partial charge is 0.396 e. The van der Waals surface area contributed by atoms with E-state index in [1.165, 1.54) is 0 Å². The van der Waals surface area contributed by atoms with Crippen LogP contribution in [-0.2, 0) is 13.0 Å². The van der Waals surface area contributed by atoms with Gasteiger partial charge in [-0.1, -0.05) is 23.7 Å². The van der Waals surface area contributed by atoms with Gasteiger partial charge in [0.15, 0.2) is 5.82 Å². The molecule has 1 aromatic heterocycles. The summed E-state index contributed by atoms with van der Waals surface area (Å²) in [5.74, 6) is 2.07. The van der Waals surface area contributed by atoms with Crippen molar-refractivity contribution in [1.29, 1.82) is 0 Å². The highest BCUT2D eigenvalue weighted by molar-refractivity contribution is 6.33. The molecule has 2 aromatic rings. The van der Waals surface area contributed by atoms with Gasteiger partial charge >= 0.3 is 0 Å². The Hall–Kier alpha value is -1.39. The average Bonchev–Trinajstić information content (AvgIpc) is 2.82. The summed E-state index contributed by atoms with van der Waals surface area (Å²) in [5.41, 5.74) is 0.917. The highest BCUT2D eigenvalue weighted by Crippen LogP contribution is 2.29. The van der Waals surface area contributed by atoms with E-state index in [1.54, 1.807) is 0 Å². The predicted octanol–water partition coefficient (Wildman–Crippen LogP) is 2.15. The zero-order chi connectivity index (χ0) is 12.5. The van der Waals surface area contributed by atoms with Crippen molar-refractivity contribution in [3.63, 3.8) is 0 Å². The minimum Gasteiger partial charge on any atom is -0.396 e. The third kappa shape index (κ3) is 1.91. The Morgan fingerprint density at radius 3 is 2.94 bits per heavy atom. The van der Waals surface area contributed by atoms with Crippen LogP contribution in [0.4, 0.5) is 0 Å². The molecule has 0 amide bonds. The van der Waals surface area contributed by atoms with Crippen LogP contribution in [0.5, 0.6) is 0 Å². The molecule has 5 heteroatoms. The molecule has 4 nitrogen and oxygen atoms in total. The first-order valence-electron chi connectivity index (χ1n) is 6.07. The van der Waals surface area contributed by atoms with Gasteiger partial charge in [-0.25, -0.2) is 0 Å². The molecule has 2 heterocycles. The quantitative estimate of drug-likeness (QED) is 0.903. The first kappa shape index (κ1) is 11.7. The van der Waals surface area contributed by atoms with Crippen LogP contribution in [0.1, 0.15) is 12.2 Å². The molecule has 0 fully saturated rings. The maximum Gasteiger partial charge on any atom is 0.165 e. The van der Waals surface area contributed by atoms with Gasteiger partial charge in [-0.3, -0.25) is 0 Å². The molecule has 0 bridgehead atoms. The maximum absolute atomic E-state index is 9.21. The highest BCUT2D eigenvalue weighted by Gasteiger charge is 2.23. The van der Waals surface area contributed by atoms with Gasteiger partial charge in [0.25, 0.3) is 0 Å². The number of aliphatic hydroxyl groups is 1. The molecule has 1 aliphatic rings. The molecular formula is C13H14ClN3O. The first-order chi connectivity index (χ1) is 8.79. The molecule has 1 N–H and O–H groups in total. The minimum absolute atomic E-state index is 0.217. The molecule has 94 valence electrons. The molecule has 0 saturated carbocycles. The second-order valence-electron chi connectivity index (χ2n) is 4.61. The normalized spacial score (nSPS) is 18.7. The summed E-state index contributed by atoms with van der Waals surface area (Å²) in [7, 11) is 0. The second-order valence-corrected chi connectivity index (χ2v) is 5.02. The topological polar surface area (TPSA) is 50.9 Å². The van der Waals surface area contributed by atoms with Crippen LogP contribution in [0.3, 0.4) is 0 Å². The van der Waals surface area contributed by atoms with Gasteiger partial charge in [0, 0.05) is 25.1 Å². The van der Waals surface area contributed by atoms with E-state index in [0.29, 0.717) is 10.9 Å². The Bertz CT molecular complexity index is 567. The maximum atomic E-state index is 9.21. The van der Waals surface area contributed by atoms with Crippen molar-refractivity contribution < 1.29 is 5.11 Å². The van der Waals surface area contributed by atoms with Crippen LogP contribution in [0.25, 0.3) is 11.4 Å². The number of rotatable bonds is 2. The molecule has 0 radical (unpaired) electrons. The van der Waals surface area contributed by atoms with Gasteiger partial charge in [-0.15, -0.1) is 10.2 Å². The number of halogens is 1. The van der Waals surface area contributed by atoms with E-state index >= 15 is 0 Å². The lowest BCUT2D eigenvalue weighted by Gasteiger charge is -2.21. The number of aromatic nitrogens is 3. The molecule has 3 rings (SSSR count). The summed E-state index contributed by atoms with van der Waals surface area (Å²) >= 11 is 6.19. The Morgan fingerprint density at radius 1 is 1.33 bits per heavy atom. The van der Waals surface area contributed by atoms with Gasteiger partial charge < -0.3 is 9.67 Å². The van der Waals surface area contributed by atoms with Crippen molar-refractivity contribution in [2.24, 2.45) is 5.92 Å². The Kier molecular flexibility index (Phi) is 3.06. The van der Waals surface area contributed by atoms with E-state index in [9.17, 15) is 5.11 Å². The molecule has 18 heavy (non-hydrogen) atoms. The van der Waals surface area contributed by atoms with Crippen molar-refractivity contribution in [1.82, 2.24) is 14.8 Å². The summed E-state index contributed by atoms with van der Waals surface area (Å²) in [6, 6.07) is 7.67. The molecule has 1 aliphatic heterocycles. The lowest BCUT2D eigenvalue weighted by molar-refractivity contribution is 0.199. The van der Waals surface area contributed by atoms with Crippen molar-refractivity contribution in [2.45, 2.75) is 19.4 Å². The predicted molar refractivity (Wildman–Crippen MR) is 69.4 cm³/mol. The second kappa shape index (κ2) is 4.71. The fraction of sp³-hybridized carbons (Fsp3) is 0.385. The molecule has 1 atom stereocenters. The SMILES string of the molecule is OCC1CCn2c(nnc2-c2ccccc2Cl)C1. The average molecular weight is 264 g/mol. The van der Waals surface area contributed by atoms with Crippen LogP contribution in [0, 0.1) is 5.92 Å². The van der Waals surface area contributed by atoms with Gasteiger partial charge in [-0.2, -0.15) is 0 Å². The molecule has 1 aromatic carbocycles. The smallest absolute Gasteiger partial charge is 0.165 e. The number of hydrogen-bond acceptors (Lipinski definition) is 3. The van der Waals surface area contributed by atoms with Crippen LogP contribution < -0.4 is 0 Å². The molecule has 0 spiro atoms. The lowest BCUT2D eigenvalue weighted by Crippen LogP contribution is -2.22. The molecule has 0 saturated heterocycles. The van der Waals surface area contributed by atoms with Crippen molar-refractivity contribution in [3.8, 4) is 11.4 Å². The van der Waals surface area contributed by atoms with E-state index in [-0.39, 0.29) is 6.61 Å². The number of benzene rings is 1. The van der Waals surface area contributed by atoms with E-state index in [1.807, 2.05) is 24.3 Å². The minimum atomic E-state index is 0.217. The third-order valence-corrected chi connectivity index (χ3v) is 3.76. The number of hydrogen-bond donors (Lipinski definition) is 1. The molecule has 0 aliphatic carbocycles. The van der Waals surface area contributed by atoms with Gasteiger partial charge in [0.1, 0.15) is 5.82 Å². The molecule has 1 unspecified atom stereocenters. The Balaban J connectivity index is 2.01. The standard InChI is InChI=1S/C13H14ClN3O/c14-11-4-2-1-3-10(11)13-16-15-12-7-9(8-18)5-6-17(12)13/h1-4,9,18H,5-8H2. The number of aliphatic hydroxyl groups excluding tert-OH is 1. The van der Waals surface area contributed by atoms with Crippen LogP contribution >= 0.6 is 11.6 Å². The summed E-state index contributed by atoms with van der Waals surface area (Å²) < 4.78 is 2.10. The van der Waals surface area contributed by atoms with E-state index in [4.69, 9.17) is 11.6 Å². The van der Waals surface area contributed by atoms with Crippen LogP contribution in [-0.4, -0.2) is 26.5 Å². The summed E-state index contributed by atoms with van der Waals surface area (Å²) in [5, 5.41) is 18.4. The summed E-state index contributed by atoms with van der Waals surface area (Å²) in [6.07, 6.45) is 1.74. The summed E-state index contributed by atoms with van der Waals surface area (Å²) in [4.78, 5) is 0. The third-order valence-electron chi connectivity index (χ3n) is 3.43. The number of nitrogens with zero attached hydrogens (tertiary/aromatic N) is 3. The Morgan fingerprint density at radius 2 is 2.17 bits per heavy atom. The van der Waals surface area contributed by atoms with E-state index in [2.05, 4.69) is 14.8 Å². The van der Waals surface area contributed by atoms with Crippen LogP contribution in [0.2, 0.25) is 5.02 Å². The van der Waals surface area contributed by atoms with Gasteiger partial charge in [-0.05, 0) is 24.5 Å². The van der Waals surface area contributed by atoms with E-state index < -0.39 is 0 Å². The van der Waals surface area contributed by atoms with Gasteiger partial charge in [0.05, 0.1) is 5.02 Å². The first-order valence-corrected chi connectivity index (χ1v) is 6.45. The molecular weight excluding hydrogens is 250 g/mol. The van der Waals surface area contributed by atoms with Crippen molar-refractivity contribution >= 4 is 11.6 Å². The fourth-order valence-electron chi connectivity index (χ4n) is 2.39. The Labute approximate surface area is 110 Å². The number of fused-ring (bicyclic) bond motifs is 1. The highest BCUT2D eigenvalue weighted by atomic mass is 35.5. The van der Waals surface area contributed by atoms with Gasteiger partial charge in [0.2, 0.25) is 0 Å². The van der Waals surface area contributed by atoms with Crippen molar-refractivity contribution in [2.75, 3.05) is 6.61 Å². The zero-order valence-corrected chi connectivity index (χ0v) is 10.6.